The first kappa shape index (κ1) is 22.1. The highest BCUT2D eigenvalue weighted by atomic mass is 35.5. The minimum Gasteiger partial charge on any atom is -0.353 e. The molecule has 1 saturated heterocycles. The second-order valence-electron chi connectivity index (χ2n) is 5.75. The number of carbonyl (C=O) groups is 1. The zero-order valence-corrected chi connectivity index (χ0v) is 15.6. The maximum Gasteiger partial charge on any atom is 0.405 e. The molecule has 1 fully saturated rings. The van der Waals surface area contributed by atoms with Gasteiger partial charge >= 0.3 is 6.18 Å². The molecular weight excluding hydrogens is 375 g/mol. The predicted molar refractivity (Wildman–Crippen MR) is 96.4 cm³/mol. The lowest BCUT2D eigenvalue weighted by Gasteiger charge is -2.35. The van der Waals surface area contributed by atoms with Crippen LogP contribution in [-0.4, -0.2) is 61.5 Å². The van der Waals surface area contributed by atoms with Crippen molar-refractivity contribution in [2.45, 2.75) is 24.0 Å². The summed E-state index contributed by atoms with van der Waals surface area (Å²) >= 11 is 1.32. The summed E-state index contributed by atoms with van der Waals surface area (Å²) in [5.74, 6) is -0.278. The van der Waals surface area contributed by atoms with Gasteiger partial charge in [0.25, 0.3) is 0 Å². The molecule has 142 valence electrons. The maximum absolute atomic E-state index is 13.2. The molecule has 1 heterocycles. The third-order valence-corrected chi connectivity index (χ3v) is 4.87. The molecule has 1 aromatic rings. The zero-order chi connectivity index (χ0) is 17.6. The van der Waals surface area contributed by atoms with Gasteiger partial charge in [0, 0.05) is 37.6 Å². The minimum atomic E-state index is -4.35. The Bertz CT molecular complexity index is 536. The van der Waals surface area contributed by atoms with Gasteiger partial charge in [-0.15, -0.1) is 24.2 Å². The first-order chi connectivity index (χ1) is 11.4. The standard InChI is InChI=1S/C16H22F3N3OS.ClH/c1-12-2-4-13(5-3-12)24-11-15(23)21-10-14(16(17,18)19)22-8-6-20-7-9-22;/h2-5,14,20H,6-11H2,1H3,(H,21,23);1H. The summed E-state index contributed by atoms with van der Waals surface area (Å²) in [6, 6.07) is 6.03. The van der Waals surface area contributed by atoms with Crippen molar-refractivity contribution in [3.05, 3.63) is 29.8 Å². The molecule has 1 atom stereocenters. The average molecular weight is 398 g/mol. The molecule has 2 N–H and O–H groups in total. The number of rotatable bonds is 6. The summed E-state index contributed by atoms with van der Waals surface area (Å²) in [5.41, 5.74) is 1.12. The molecule has 25 heavy (non-hydrogen) atoms. The average Bonchev–Trinajstić information content (AvgIpc) is 2.54. The van der Waals surface area contributed by atoms with Gasteiger partial charge in [-0.3, -0.25) is 9.69 Å². The van der Waals surface area contributed by atoms with Crippen LogP contribution in [0.4, 0.5) is 13.2 Å². The van der Waals surface area contributed by atoms with Crippen LogP contribution in [0.3, 0.4) is 0 Å². The fourth-order valence-corrected chi connectivity index (χ4v) is 3.22. The van der Waals surface area contributed by atoms with E-state index in [0.717, 1.165) is 10.5 Å². The fraction of sp³-hybridized carbons (Fsp3) is 0.562. The Morgan fingerprint density at radius 3 is 2.44 bits per heavy atom. The monoisotopic (exact) mass is 397 g/mol. The molecule has 0 aliphatic carbocycles. The quantitative estimate of drug-likeness (QED) is 0.724. The molecule has 1 aliphatic heterocycles. The Morgan fingerprint density at radius 2 is 1.88 bits per heavy atom. The summed E-state index contributed by atoms with van der Waals surface area (Å²) in [6.45, 7) is 3.29. The number of halogens is 4. The van der Waals surface area contributed by atoms with Crippen LogP contribution in [0.15, 0.2) is 29.2 Å². The van der Waals surface area contributed by atoms with E-state index >= 15 is 0 Å². The largest absolute Gasteiger partial charge is 0.405 e. The van der Waals surface area contributed by atoms with Gasteiger partial charge in [-0.2, -0.15) is 13.2 Å². The topological polar surface area (TPSA) is 44.4 Å². The number of benzene rings is 1. The number of hydrogen-bond donors (Lipinski definition) is 2. The van der Waals surface area contributed by atoms with Crippen LogP contribution in [0.2, 0.25) is 0 Å². The van der Waals surface area contributed by atoms with Crippen LogP contribution >= 0.6 is 24.2 Å². The SMILES string of the molecule is Cc1ccc(SCC(=O)NCC(N2CCNCC2)C(F)(F)F)cc1.Cl. The van der Waals surface area contributed by atoms with Crippen molar-refractivity contribution in [2.75, 3.05) is 38.5 Å². The third kappa shape index (κ3) is 7.43. The number of thioether (sulfide) groups is 1. The van der Waals surface area contributed by atoms with Crippen molar-refractivity contribution in [1.82, 2.24) is 15.5 Å². The molecule has 1 amide bonds. The number of aryl methyl sites for hydroxylation is 1. The van der Waals surface area contributed by atoms with Crippen molar-refractivity contribution < 1.29 is 18.0 Å². The van der Waals surface area contributed by atoms with E-state index in [0.29, 0.717) is 26.2 Å². The highest BCUT2D eigenvalue weighted by molar-refractivity contribution is 8.00. The van der Waals surface area contributed by atoms with Crippen LogP contribution in [0.25, 0.3) is 0 Å². The molecule has 0 bridgehead atoms. The molecule has 0 radical (unpaired) electrons. The zero-order valence-electron chi connectivity index (χ0n) is 13.9. The van der Waals surface area contributed by atoms with E-state index in [1.165, 1.54) is 16.7 Å². The van der Waals surface area contributed by atoms with E-state index in [1.54, 1.807) is 0 Å². The van der Waals surface area contributed by atoms with Crippen LogP contribution in [0, 0.1) is 6.92 Å². The summed E-state index contributed by atoms with van der Waals surface area (Å²) in [5, 5.41) is 5.45. The molecule has 0 saturated carbocycles. The van der Waals surface area contributed by atoms with Crippen molar-refractivity contribution in [2.24, 2.45) is 0 Å². The minimum absolute atomic E-state index is 0. The summed E-state index contributed by atoms with van der Waals surface area (Å²) in [6.07, 6.45) is -4.35. The smallest absolute Gasteiger partial charge is 0.353 e. The Morgan fingerprint density at radius 1 is 1.28 bits per heavy atom. The van der Waals surface area contributed by atoms with Crippen molar-refractivity contribution in [3.8, 4) is 0 Å². The first-order valence-corrected chi connectivity index (χ1v) is 8.82. The van der Waals surface area contributed by atoms with Gasteiger partial charge in [0.15, 0.2) is 0 Å². The van der Waals surface area contributed by atoms with Crippen LogP contribution in [0.5, 0.6) is 0 Å². The van der Waals surface area contributed by atoms with Gasteiger partial charge in [0.1, 0.15) is 6.04 Å². The van der Waals surface area contributed by atoms with Crippen LogP contribution < -0.4 is 10.6 Å². The Balaban J connectivity index is 0.00000312. The van der Waals surface area contributed by atoms with Crippen molar-refractivity contribution in [1.29, 1.82) is 0 Å². The van der Waals surface area contributed by atoms with E-state index in [4.69, 9.17) is 0 Å². The second kappa shape index (κ2) is 10.3. The maximum atomic E-state index is 13.2. The highest BCUT2D eigenvalue weighted by Crippen LogP contribution is 2.25. The van der Waals surface area contributed by atoms with E-state index in [1.807, 2.05) is 31.2 Å². The number of hydrogen-bond acceptors (Lipinski definition) is 4. The summed E-state index contributed by atoms with van der Waals surface area (Å²) in [4.78, 5) is 14.2. The highest BCUT2D eigenvalue weighted by Gasteiger charge is 2.43. The normalized spacial score (nSPS) is 16.8. The van der Waals surface area contributed by atoms with E-state index in [-0.39, 0.29) is 24.1 Å². The molecule has 1 unspecified atom stereocenters. The van der Waals surface area contributed by atoms with Crippen molar-refractivity contribution in [3.63, 3.8) is 0 Å². The predicted octanol–water partition coefficient (Wildman–Crippen LogP) is 2.46. The van der Waals surface area contributed by atoms with Gasteiger partial charge in [0.2, 0.25) is 5.91 Å². The third-order valence-electron chi connectivity index (χ3n) is 3.85. The van der Waals surface area contributed by atoms with E-state index < -0.39 is 18.8 Å². The fourth-order valence-electron chi connectivity index (χ4n) is 2.49. The molecule has 9 heteroatoms. The molecule has 1 aliphatic rings. The molecule has 0 aromatic heterocycles. The Kier molecular flexibility index (Phi) is 9.06. The van der Waals surface area contributed by atoms with Gasteiger partial charge in [-0.05, 0) is 19.1 Å². The van der Waals surface area contributed by atoms with Gasteiger partial charge in [-0.25, -0.2) is 0 Å². The summed E-state index contributed by atoms with van der Waals surface area (Å²) < 4.78 is 39.7. The van der Waals surface area contributed by atoms with E-state index in [2.05, 4.69) is 10.6 Å². The molecule has 0 spiro atoms. The van der Waals surface area contributed by atoms with Crippen LogP contribution in [0.1, 0.15) is 5.56 Å². The number of nitrogens with one attached hydrogen (secondary N) is 2. The Labute approximate surface area is 156 Å². The Hall–Kier alpha value is -0.960. The molecule has 1 aromatic carbocycles. The molecular formula is C16H23ClF3N3OS. The number of alkyl halides is 3. The molecule has 2 rings (SSSR count). The molecule has 4 nitrogen and oxygen atoms in total. The number of piperazine rings is 1. The van der Waals surface area contributed by atoms with E-state index in [9.17, 15) is 18.0 Å². The first-order valence-electron chi connectivity index (χ1n) is 7.84. The lowest BCUT2D eigenvalue weighted by atomic mass is 10.2. The number of carbonyl (C=O) groups excluding carboxylic acids is 1. The lowest BCUT2D eigenvalue weighted by molar-refractivity contribution is -0.183. The lowest BCUT2D eigenvalue weighted by Crippen LogP contribution is -2.57. The van der Waals surface area contributed by atoms with Gasteiger partial charge in [0.05, 0.1) is 5.75 Å². The number of amides is 1. The van der Waals surface area contributed by atoms with Gasteiger partial charge in [-0.1, -0.05) is 17.7 Å². The van der Waals surface area contributed by atoms with Gasteiger partial charge < -0.3 is 10.6 Å². The second-order valence-corrected chi connectivity index (χ2v) is 6.80. The van der Waals surface area contributed by atoms with Crippen molar-refractivity contribution >= 4 is 30.1 Å². The number of nitrogens with zero attached hydrogens (tertiary/aromatic N) is 1. The van der Waals surface area contributed by atoms with Crippen LogP contribution in [-0.2, 0) is 4.79 Å². The summed E-state index contributed by atoms with van der Waals surface area (Å²) in [7, 11) is 0.